The average Bonchev–Trinajstić information content (AvgIpc) is 2.58. The number of sulfonamides is 1. The topological polar surface area (TPSA) is 106 Å². The van der Waals surface area contributed by atoms with Gasteiger partial charge in [-0.25, -0.2) is 13.1 Å². The Bertz CT molecular complexity index is 1030. The fraction of sp³-hybridized carbons (Fsp3) is 0.211. The number of nitro groups is 1. The molecule has 2 aromatic rings. The van der Waals surface area contributed by atoms with Crippen molar-refractivity contribution in [2.45, 2.75) is 32.6 Å². The highest BCUT2D eigenvalue weighted by atomic mass is 32.2. The van der Waals surface area contributed by atoms with Crippen LogP contribution in [0.3, 0.4) is 0 Å². The van der Waals surface area contributed by atoms with E-state index in [1.165, 1.54) is 24.3 Å². The van der Waals surface area contributed by atoms with Crippen molar-refractivity contribution in [1.29, 1.82) is 0 Å². The molecule has 1 N–H and O–H groups in total. The molecular formula is C19H20N2O5S. The summed E-state index contributed by atoms with van der Waals surface area (Å²) in [4.78, 5) is 22.4. The number of non-ortho nitro benzene ring substituents is 1. The van der Waals surface area contributed by atoms with Gasteiger partial charge >= 0.3 is 0 Å². The van der Waals surface area contributed by atoms with Crippen LogP contribution in [0.4, 0.5) is 5.69 Å². The van der Waals surface area contributed by atoms with Crippen LogP contribution in [0.25, 0.3) is 6.08 Å². The zero-order chi connectivity index (χ0) is 20.4. The predicted octanol–water partition coefficient (Wildman–Crippen LogP) is 3.35. The van der Waals surface area contributed by atoms with Gasteiger partial charge in [0.05, 0.1) is 9.82 Å². The number of rotatable bonds is 5. The lowest BCUT2D eigenvalue weighted by Crippen LogP contribution is -2.30. The van der Waals surface area contributed by atoms with E-state index in [4.69, 9.17) is 0 Å². The van der Waals surface area contributed by atoms with Gasteiger partial charge in [0.15, 0.2) is 0 Å². The number of amides is 1. The molecule has 0 atom stereocenters. The second-order valence-corrected chi connectivity index (χ2v) is 7.86. The lowest BCUT2D eigenvalue weighted by Gasteiger charge is -2.15. The Morgan fingerprint density at radius 1 is 1.07 bits per heavy atom. The van der Waals surface area contributed by atoms with Gasteiger partial charge in [-0.05, 0) is 61.6 Å². The van der Waals surface area contributed by atoms with Crippen LogP contribution in [0.2, 0.25) is 0 Å². The van der Waals surface area contributed by atoms with Gasteiger partial charge in [-0.3, -0.25) is 14.9 Å². The van der Waals surface area contributed by atoms with Crippen molar-refractivity contribution in [2.75, 3.05) is 0 Å². The predicted molar refractivity (Wildman–Crippen MR) is 103 cm³/mol. The molecule has 0 aliphatic rings. The Kier molecular flexibility index (Phi) is 5.80. The summed E-state index contributed by atoms with van der Waals surface area (Å²) in [7, 11) is -4.05. The summed E-state index contributed by atoms with van der Waals surface area (Å²) in [6.45, 7) is 7.01. The zero-order valence-corrected chi connectivity index (χ0v) is 16.3. The van der Waals surface area contributed by atoms with E-state index in [0.29, 0.717) is 16.7 Å². The molecule has 27 heavy (non-hydrogen) atoms. The monoisotopic (exact) mass is 388 g/mol. The maximum atomic E-state index is 12.7. The molecule has 0 aromatic heterocycles. The first-order valence-corrected chi connectivity index (χ1v) is 9.58. The Hall–Kier alpha value is -3.00. The third kappa shape index (κ3) is 4.59. The van der Waals surface area contributed by atoms with Crippen molar-refractivity contribution in [2.24, 2.45) is 0 Å². The molecule has 0 bridgehead atoms. The van der Waals surface area contributed by atoms with Crippen LogP contribution in [0, 0.1) is 37.8 Å². The van der Waals surface area contributed by atoms with Crippen molar-refractivity contribution in [3.63, 3.8) is 0 Å². The van der Waals surface area contributed by atoms with Crippen molar-refractivity contribution < 1.29 is 18.1 Å². The minimum atomic E-state index is -4.05. The molecule has 0 radical (unpaired) electrons. The van der Waals surface area contributed by atoms with Gasteiger partial charge in [-0.1, -0.05) is 18.2 Å². The third-order valence-corrected chi connectivity index (χ3v) is 5.93. The average molecular weight is 388 g/mol. The number of nitrogens with one attached hydrogen (secondary N) is 1. The summed E-state index contributed by atoms with van der Waals surface area (Å²) in [6, 6.07) is 7.57. The largest absolute Gasteiger partial charge is 0.270 e. The molecule has 7 nitrogen and oxygen atoms in total. The first kappa shape index (κ1) is 20.3. The van der Waals surface area contributed by atoms with Crippen LogP contribution in [0.15, 0.2) is 41.3 Å². The van der Waals surface area contributed by atoms with Crippen LogP contribution < -0.4 is 4.72 Å². The number of hydrogen-bond acceptors (Lipinski definition) is 5. The van der Waals surface area contributed by atoms with Crippen molar-refractivity contribution in [3.05, 3.63) is 74.3 Å². The molecule has 2 rings (SSSR count). The van der Waals surface area contributed by atoms with Gasteiger partial charge < -0.3 is 0 Å². The Labute approximate surface area is 157 Å². The van der Waals surface area contributed by atoms with Crippen molar-refractivity contribution in [3.8, 4) is 0 Å². The van der Waals surface area contributed by atoms with Crippen LogP contribution in [0.5, 0.6) is 0 Å². The van der Waals surface area contributed by atoms with E-state index in [-0.39, 0.29) is 10.6 Å². The highest BCUT2D eigenvalue weighted by Crippen LogP contribution is 2.25. The fourth-order valence-corrected chi connectivity index (χ4v) is 4.28. The van der Waals surface area contributed by atoms with E-state index >= 15 is 0 Å². The van der Waals surface area contributed by atoms with E-state index in [0.717, 1.165) is 17.2 Å². The highest BCUT2D eigenvalue weighted by Gasteiger charge is 2.23. The summed E-state index contributed by atoms with van der Waals surface area (Å²) >= 11 is 0. The van der Waals surface area contributed by atoms with E-state index in [1.54, 1.807) is 19.9 Å². The normalized spacial score (nSPS) is 11.6. The number of aryl methyl sites for hydroxylation is 2. The van der Waals surface area contributed by atoms with E-state index in [2.05, 4.69) is 0 Å². The Balaban J connectivity index is 2.28. The molecule has 142 valence electrons. The van der Waals surface area contributed by atoms with Gasteiger partial charge in [0.2, 0.25) is 0 Å². The molecule has 8 heteroatoms. The van der Waals surface area contributed by atoms with Crippen LogP contribution in [-0.4, -0.2) is 19.2 Å². The van der Waals surface area contributed by atoms with Crippen molar-refractivity contribution >= 4 is 27.7 Å². The number of hydrogen-bond donors (Lipinski definition) is 1. The molecule has 0 spiro atoms. The number of nitrogens with zero attached hydrogens (tertiary/aromatic N) is 1. The highest BCUT2D eigenvalue weighted by molar-refractivity contribution is 7.90. The van der Waals surface area contributed by atoms with E-state index in [1.807, 2.05) is 24.6 Å². The maximum absolute atomic E-state index is 12.7. The smallest absolute Gasteiger partial charge is 0.269 e. The summed E-state index contributed by atoms with van der Waals surface area (Å²) in [5.41, 5.74) is 3.10. The molecule has 0 fully saturated rings. The Morgan fingerprint density at radius 3 is 2.22 bits per heavy atom. The SMILES string of the molecule is Cc1cc(C)c(C)c(S(=O)(=O)NC(=O)C=Cc2cccc([N+](=O)[O-])c2)c1C. The minimum Gasteiger partial charge on any atom is -0.269 e. The quantitative estimate of drug-likeness (QED) is 0.480. The van der Waals surface area contributed by atoms with Gasteiger partial charge in [-0.15, -0.1) is 0 Å². The first-order valence-electron chi connectivity index (χ1n) is 8.09. The first-order chi connectivity index (χ1) is 12.5. The van der Waals surface area contributed by atoms with Gasteiger partial charge in [0, 0.05) is 18.2 Å². The standard InChI is InChI=1S/C19H20N2O5S/c1-12-10-13(2)15(4)19(14(12)3)27(25,26)20-18(22)9-8-16-6-5-7-17(11-16)21(23)24/h5-11H,1-4H3,(H,20,22). The molecule has 1 amide bonds. The fourth-order valence-electron chi connectivity index (χ4n) is 2.72. The van der Waals surface area contributed by atoms with Gasteiger partial charge in [-0.2, -0.15) is 0 Å². The van der Waals surface area contributed by atoms with E-state index in [9.17, 15) is 23.3 Å². The lowest BCUT2D eigenvalue weighted by atomic mass is 10.0. The number of carbonyl (C=O) groups is 1. The number of nitro benzene ring substituents is 1. The second-order valence-electron chi connectivity index (χ2n) is 6.24. The van der Waals surface area contributed by atoms with Crippen LogP contribution in [-0.2, 0) is 14.8 Å². The zero-order valence-electron chi connectivity index (χ0n) is 15.4. The molecular weight excluding hydrogens is 368 g/mol. The molecule has 0 aliphatic carbocycles. The number of benzene rings is 2. The minimum absolute atomic E-state index is 0.0945. The summed E-state index contributed by atoms with van der Waals surface area (Å²) in [6.07, 6.45) is 2.35. The lowest BCUT2D eigenvalue weighted by molar-refractivity contribution is -0.384. The second kappa shape index (κ2) is 7.71. The molecule has 0 saturated heterocycles. The van der Waals surface area contributed by atoms with E-state index < -0.39 is 20.9 Å². The maximum Gasteiger partial charge on any atom is 0.270 e. The molecule has 0 aliphatic heterocycles. The molecule has 0 unspecified atom stereocenters. The number of carbonyl (C=O) groups excluding carboxylic acids is 1. The molecule has 0 heterocycles. The van der Waals surface area contributed by atoms with Gasteiger partial charge in [0.1, 0.15) is 0 Å². The Morgan fingerprint density at radius 2 is 1.67 bits per heavy atom. The van der Waals surface area contributed by atoms with Gasteiger partial charge in [0.25, 0.3) is 21.6 Å². The third-order valence-electron chi connectivity index (χ3n) is 4.31. The summed E-state index contributed by atoms with van der Waals surface area (Å²) in [5, 5.41) is 10.8. The summed E-state index contributed by atoms with van der Waals surface area (Å²) < 4.78 is 27.4. The molecule has 0 saturated carbocycles. The van der Waals surface area contributed by atoms with Crippen LogP contribution in [0.1, 0.15) is 27.8 Å². The summed E-state index contributed by atoms with van der Waals surface area (Å²) in [5.74, 6) is -0.834. The molecule has 2 aromatic carbocycles. The van der Waals surface area contributed by atoms with Crippen LogP contribution >= 0.6 is 0 Å². The van der Waals surface area contributed by atoms with Crippen molar-refractivity contribution in [1.82, 2.24) is 4.72 Å².